The maximum absolute atomic E-state index is 13.8. The number of hydrogen-bond acceptors (Lipinski definition) is 10. The first-order chi connectivity index (χ1) is 27.6. The van der Waals surface area contributed by atoms with Crippen LogP contribution in [0, 0.1) is 16.0 Å². The summed E-state index contributed by atoms with van der Waals surface area (Å²) in [6.45, 7) is 3.83. The molecular weight excluding hydrogens is 768 g/mol. The van der Waals surface area contributed by atoms with Crippen molar-refractivity contribution >= 4 is 49.9 Å². The molecule has 15 heteroatoms. The summed E-state index contributed by atoms with van der Waals surface area (Å²) >= 11 is 6.28. The van der Waals surface area contributed by atoms with E-state index in [0.29, 0.717) is 43.1 Å². The predicted octanol–water partition coefficient (Wildman–Crippen LogP) is 8.39. The van der Waals surface area contributed by atoms with Crippen LogP contribution in [0.5, 0.6) is 11.5 Å². The molecule has 1 atom stereocenters. The number of aromatic nitrogens is 2. The molecule has 5 aromatic rings. The molecule has 3 aliphatic rings. The van der Waals surface area contributed by atoms with Gasteiger partial charge in [0.15, 0.2) is 0 Å². The normalized spacial score (nSPS) is 20.7. The smallest absolute Gasteiger partial charge is 0.293 e. The van der Waals surface area contributed by atoms with E-state index in [4.69, 9.17) is 21.1 Å². The molecule has 3 aromatic carbocycles. The van der Waals surface area contributed by atoms with E-state index in [1.165, 1.54) is 17.7 Å². The first-order valence-corrected chi connectivity index (χ1v) is 21.4. The molecule has 2 aliphatic heterocycles. The molecule has 2 aromatic heterocycles. The SMILES string of the molecule is O=C(NS(=O)(=O)c1ccc(NCC2CCOCC2)c([N+](=O)[O-])c1)c1ccc(C2CCC(N3CCC(c4cccc(Cl)c4)C3)CC2)cc1Oc1cnc2[nH]ccc2c1. The largest absolute Gasteiger partial charge is 0.455 e. The number of halogens is 1. The van der Waals surface area contributed by atoms with Crippen molar-refractivity contribution in [1.29, 1.82) is 0 Å². The number of nitro benzene ring substituents is 1. The van der Waals surface area contributed by atoms with Gasteiger partial charge < -0.3 is 19.8 Å². The Hall–Kier alpha value is -5.02. The van der Waals surface area contributed by atoms with Crippen molar-refractivity contribution in [3.63, 3.8) is 0 Å². The van der Waals surface area contributed by atoms with Crippen LogP contribution in [0.1, 0.15) is 78.3 Å². The van der Waals surface area contributed by atoms with Crippen LogP contribution in [-0.4, -0.2) is 73.0 Å². The van der Waals surface area contributed by atoms with E-state index in [2.05, 4.69) is 37.0 Å². The number of sulfonamides is 1. The highest BCUT2D eigenvalue weighted by Crippen LogP contribution is 2.40. The van der Waals surface area contributed by atoms with Gasteiger partial charge in [-0.1, -0.05) is 29.8 Å². The fourth-order valence-electron chi connectivity index (χ4n) is 8.51. The number of carbonyl (C=O) groups excluding carboxylic acids is 1. The molecule has 2 saturated heterocycles. The number of H-pyrrole nitrogens is 1. The third-order valence-corrected chi connectivity index (χ3v) is 13.3. The van der Waals surface area contributed by atoms with Gasteiger partial charge in [-0.25, -0.2) is 18.1 Å². The summed E-state index contributed by atoms with van der Waals surface area (Å²) in [5.74, 6) is 0.610. The summed E-state index contributed by atoms with van der Waals surface area (Å²) in [4.78, 5) is 34.9. The Kier molecular flexibility index (Phi) is 11.5. The van der Waals surface area contributed by atoms with Crippen molar-refractivity contribution in [2.45, 2.75) is 67.7 Å². The van der Waals surface area contributed by atoms with Crippen molar-refractivity contribution in [2.75, 3.05) is 38.2 Å². The van der Waals surface area contributed by atoms with Gasteiger partial charge in [0.05, 0.1) is 21.6 Å². The average molecular weight is 813 g/mol. The van der Waals surface area contributed by atoms with Crippen LogP contribution in [0.2, 0.25) is 5.02 Å². The molecular formula is C42H45ClN6O7S. The van der Waals surface area contributed by atoms with Crippen molar-refractivity contribution in [3.05, 3.63) is 117 Å². The molecule has 298 valence electrons. The quantitative estimate of drug-likeness (QED) is 0.0822. The van der Waals surface area contributed by atoms with Gasteiger partial charge in [0, 0.05) is 55.0 Å². The number of fused-ring (bicyclic) bond motifs is 1. The summed E-state index contributed by atoms with van der Waals surface area (Å²) in [5, 5.41) is 16.7. The molecule has 1 aliphatic carbocycles. The van der Waals surface area contributed by atoms with E-state index < -0.39 is 31.4 Å². The van der Waals surface area contributed by atoms with Crippen LogP contribution in [0.15, 0.2) is 90.1 Å². The molecule has 57 heavy (non-hydrogen) atoms. The molecule has 1 amide bonds. The summed E-state index contributed by atoms with van der Waals surface area (Å²) < 4.78 is 41.1. The lowest BCUT2D eigenvalue weighted by Crippen LogP contribution is -2.36. The van der Waals surface area contributed by atoms with Crippen molar-refractivity contribution in [3.8, 4) is 11.5 Å². The van der Waals surface area contributed by atoms with Crippen molar-refractivity contribution in [1.82, 2.24) is 19.6 Å². The minimum Gasteiger partial charge on any atom is -0.455 e. The van der Waals surface area contributed by atoms with Crippen LogP contribution < -0.4 is 14.8 Å². The molecule has 0 bridgehead atoms. The van der Waals surface area contributed by atoms with E-state index in [-0.39, 0.29) is 28.8 Å². The average Bonchev–Trinajstić information content (AvgIpc) is 3.91. The van der Waals surface area contributed by atoms with Gasteiger partial charge in [-0.05, 0) is 129 Å². The van der Waals surface area contributed by atoms with E-state index in [1.54, 1.807) is 24.5 Å². The van der Waals surface area contributed by atoms with Gasteiger partial charge in [-0.3, -0.25) is 19.8 Å². The highest BCUT2D eigenvalue weighted by Gasteiger charge is 2.33. The van der Waals surface area contributed by atoms with Gasteiger partial charge in [0.2, 0.25) is 0 Å². The number of pyridine rings is 1. The fraction of sp³-hybridized carbons (Fsp3) is 0.381. The number of aromatic amines is 1. The Labute approximate surface area is 336 Å². The van der Waals surface area contributed by atoms with Gasteiger partial charge in [0.25, 0.3) is 21.6 Å². The standard InChI is InChI=1S/C42H45ClN6O7S/c43-33-3-1-2-29(20-33)32-13-17-48(26-32)34-7-4-28(5-8-34)30-6-10-37(40(22-30)56-35-21-31-12-16-44-41(31)46-25-35)42(50)47-57(53,54)36-9-11-38(39(23-36)49(51)52)45-24-27-14-18-55-19-15-27/h1-3,6,9-12,16,20-23,25,27-28,32,34,45H,4-5,7-8,13-15,17-19,24,26H2,(H,44,46)(H,47,50). The number of likely N-dealkylation sites (tertiary alicyclic amines) is 1. The molecule has 0 radical (unpaired) electrons. The van der Waals surface area contributed by atoms with Crippen LogP contribution >= 0.6 is 11.6 Å². The highest BCUT2D eigenvalue weighted by atomic mass is 35.5. The van der Waals surface area contributed by atoms with Gasteiger partial charge in [0.1, 0.15) is 22.8 Å². The number of benzene rings is 3. The number of anilines is 1. The van der Waals surface area contributed by atoms with E-state index >= 15 is 0 Å². The van der Waals surface area contributed by atoms with Crippen molar-refractivity contribution in [2.24, 2.45) is 5.92 Å². The number of carbonyl (C=O) groups is 1. The molecule has 3 N–H and O–H groups in total. The minimum absolute atomic E-state index is 0.00134. The molecule has 0 spiro atoms. The topological polar surface area (TPSA) is 169 Å². The lowest BCUT2D eigenvalue weighted by Gasteiger charge is -2.35. The highest BCUT2D eigenvalue weighted by molar-refractivity contribution is 7.90. The summed E-state index contributed by atoms with van der Waals surface area (Å²) in [7, 11) is -4.53. The summed E-state index contributed by atoms with van der Waals surface area (Å²) in [6, 6.07) is 21.2. The fourth-order valence-corrected chi connectivity index (χ4v) is 9.70. The van der Waals surface area contributed by atoms with Crippen LogP contribution in [0.25, 0.3) is 11.0 Å². The molecule has 1 saturated carbocycles. The number of rotatable bonds is 12. The molecule has 13 nitrogen and oxygen atoms in total. The second-order valence-electron chi connectivity index (χ2n) is 15.3. The zero-order chi connectivity index (χ0) is 39.5. The maximum atomic E-state index is 13.8. The van der Waals surface area contributed by atoms with Crippen LogP contribution in [0.3, 0.4) is 0 Å². The zero-order valence-electron chi connectivity index (χ0n) is 31.4. The van der Waals surface area contributed by atoms with Gasteiger partial charge in [-0.15, -0.1) is 0 Å². The van der Waals surface area contributed by atoms with E-state index in [9.17, 15) is 23.3 Å². The second-order valence-corrected chi connectivity index (χ2v) is 17.4. The maximum Gasteiger partial charge on any atom is 0.293 e. The monoisotopic (exact) mass is 812 g/mol. The summed E-state index contributed by atoms with van der Waals surface area (Å²) in [6.07, 6.45) is 10.1. The first kappa shape index (κ1) is 38.8. The molecule has 8 rings (SSSR count). The molecule has 4 heterocycles. The Balaban J connectivity index is 0.989. The Bertz CT molecular complexity index is 2380. The minimum atomic E-state index is -4.53. The second kappa shape index (κ2) is 16.8. The van der Waals surface area contributed by atoms with E-state index in [1.807, 2.05) is 30.3 Å². The number of nitrogens with one attached hydrogen (secondary N) is 3. The lowest BCUT2D eigenvalue weighted by molar-refractivity contribution is -0.384. The third-order valence-electron chi connectivity index (χ3n) is 11.7. The number of hydrogen-bond donors (Lipinski definition) is 3. The molecule has 3 fully saturated rings. The molecule has 1 unspecified atom stereocenters. The number of nitro groups is 1. The number of amides is 1. The van der Waals surface area contributed by atoms with E-state index in [0.717, 1.165) is 80.1 Å². The number of nitrogens with zero attached hydrogens (tertiary/aromatic N) is 3. The lowest BCUT2D eigenvalue weighted by atomic mass is 9.81. The number of ether oxygens (including phenoxy) is 2. The third kappa shape index (κ3) is 8.94. The van der Waals surface area contributed by atoms with Gasteiger partial charge in [-0.2, -0.15) is 0 Å². The Morgan fingerprint density at radius 3 is 2.56 bits per heavy atom. The predicted molar refractivity (Wildman–Crippen MR) is 218 cm³/mol. The van der Waals surface area contributed by atoms with Crippen LogP contribution in [-0.2, 0) is 14.8 Å². The van der Waals surface area contributed by atoms with Crippen molar-refractivity contribution < 1.29 is 27.6 Å². The summed E-state index contributed by atoms with van der Waals surface area (Å²) in [5.41, 5.74) is 2.76. The zero-order valence-corrected chi connectivity index (χ0v) is 32.9. The van der Waals surface area contributed by atoms with Crippen LogP contribution in [0.4, 0.5) is 11.4 Å². The Morgan fingerprint density at radius 1 is 0.965 bits per heavy atom. The Morgan fingerprint density at radius 2 is 1.77 bits per heavy atom. The first-order valence-electron chi connectivity index (χ1n) is 19.5. The van der Waals surface area contributed by atoms with Gasteiger partial charge >= 0.3 is 0 Å².